The molecule has 1 N–H and O–H groups in total. The monoisotopic (exact) mass is 438 g/mol. The zero-order valence-electron chi connectivity index (χ0n) is 18.1. The fraction of sp³-hybridized carbons (Fsp3) is 0.417. The third-order valence-electron chi connectivity index (χ3n) is 6.23. The van der Waals surface area contributed by atoms with E-state index in [0.717, 1.165) is 11.4 Å². The number of carbonyl (C=O) groups excluding carboxylic acids is 2. The van der Waals surface area contributed by atoms with E-state index in [9.17, 15) is 19.5 Å². The fourth-order valence-corrected chi connectivity index (χ4v) is 4.81. The molecule has 0 spiro atoms. The van der Waals surface area contributed by atoms with Crippen LogP contribution in [0.25, 0.3) is 0 Å². The molecule has 0 unspecified atom stereocenters. The first-order valence-electron chi connectivity index (χ1n) is 10.8. The fourth-order valence-electron chi connectivity index (χ4n) is 4.81. The third-order valence-corrected chi connectivity index (χ3v) is 6.23. The first-order valence-corrected chi connectivity index (χ1v) is 10.8. The molecule has 0 radical (unpaired) electrons. The van der Waals surface area contributed by atoms with Crippen LogP contribution in [-0.2, 0) is 20.8 Å². The number of hydrazone groups is 1. The van der Waals surface area contributed by atoms with Crippen LogP contribution in [0, 0.1) is 23.7 Å². The van der Waals surface area contributed by atoms with Crippen LogP contribution in [0.2, 0.25) is 0 Å². The van der Waals surface area contributed by atoms with Crippen molar-refractivity contribution in [1.29, 1.82) is 0 Å². The zero-order chi connectivity index (χ0) is 23.0. The van der Waals surface area contributed by atoms with Crippen molar-refractivity contribution in [3.05, 3.63) is 48.1 Å². The van der Waals surface area contributed by atoms with Gasteiger partial charge in [0, 0.05) is 5.56 Å². The van der Waals surface area contributed by atoms with Crippen molar-refractivity contribution in [3.8, 4) is 11.5 Å². The summed E-state index contributed by atoms with van der Waals surface area (Å²) < 4.78 is 11.3. The molecule has 2 amide bonds. The summed E-state index contributed by atoms with van der Waals surface area (Å²) >= 11 is 0. The van der Waals surface area contributed by atoms with Gasteiger partial charge in [-0.3, -0.25) is 9.59 Å². The predicted octanol–water partition coefficient (Wildman–Crippen LogP) is 2.81. The van der Waals surface area contributed by atoms with Gasteiger partial charge in [-0.2, -0.15) is 10.1 Å². The van der Waals surface area contributed by atoms with Gasteiger partial charge < -0.3 is 14.6 Å². The predicted molar refractivity (Wildman–Crippen MR) is 116 cm³/mol. The number of carboxylic acid groups (broad SMARTS) is 1. The number of amides is 2. The first kappa shape index (κ1) is 21.8. The molecule has 3 aliphatic rings. The van der Waals surface area contributed by atoms with E-state index in [1.807, 2.05) is 12.2 Å². The maximum atomic E-state index is 12.8. The summed E-state index contributed by atoms with van der Waals surface area (Å²) in [4.78, 5) is 36.9. The highest BCUT2D eigenvalue weighted by molar-refractivity contribution is 6.06. The number of rotatable bonds is 9. The molecular weight excluding hydrogens is 412 g/mol. The van der Waals surface area contributed by atoms with Gasteiger partial charge in [0.15, 0.2) is 17.6 Å². The SMILES string of the molecule is C=CCc1cc(C=NN2C(=O)[C@@H]3[C@H](C2=O)[C@H]2C=C[C@H]3C2)cc(OCC)c1O[C@@H](C)C(=O)O. The van der Waals surface area contributed by atoms with E-state index in [1.165, 1.54) is 13.1 Å². The van der Waals surface area contributed by atoms with Crippen LogP contribution in [0.4, 0.5) is 0 Å². The largest absolute Gasteiger partial charge is 0.490 e. The van der Waals surface area contributed by atoms with Gasteiger partial charge in [0.05, 0.1) is 24.7 Å². The summed E-state index contributed by atoms with van der Waals surface area (Å²) in [6, 6.07) is 3.41. The first-order chi connectivity index (χ1) is 15.3. The van der Waals surface area contributed by atoms with E-state index in [1.54, 1.807) is 25.1 Å². The van der Waals surface area contributed by atoms with Crippen molar-refractivity contribution >= 4 is 24.0 Å². The van der Waals surface area contributed by atoms with Gasteiger partial charge in [-0.15, -0.1) is 6.58 Å². The van der Waals surface area contributed by atoms with E-state index in [0.29, 0.717) is 35.7 Å². The van der Waals surface area contributed by atoms with Gasteiger partial charge in [-0.1, -0.05) is 18.2 Å². The molecule has 1 aromatic carbocycles. The summed E-state index contributed by atoms with van der Waals surface area (Å²) in [5, 5.41) is 14.4. The summed E-state index contributed by atoms with van der Waals surface area (Å²) in [6.45, 7) is 7.34. The molecule has 4 rings (SSSR count). The third kappa shape index (κ3) is 3.70. The normalized spacial score (nSPS) is 26.6. The highest BCUT2D eigenvalue weighted by atomic mass is 16.5. The lowest BCUT2D eigenvalue weighted by Crippen LogP contribution is -2.28. The second-order valence-corrected chi connectivity index (χ2v) is 8.26. The number of allylic oxidation sites excluding steroid dienone is 3. The number of hydrogen-bond donors (Lipinski definition) is 1. The summed E-state index contributed by atoms with van der Waals surface area (Å²) in [6.07, 6.45) is 7.40. The number of nitrogens with zero attached hydrogens (tertiary/aromatic N) is 2. The number of aliphatic carboxylic acids is 1. The van der Waals surface area contributed by atoms with Gasteiger partial charge in [0.2, 0.25) is 0 Å². The number of hydrogen-bond acceptors (Lipinski definition) is 6. The van der Waals surface area contributed by atoms with E-state index in [4.69, 9.17) is 9.47 Å². The van der Waals surface area contributed by atoms with Crippen LogP contribution in [0.3, 0.4) is 0 Å². The Morgan fingerprint density at radius 3 is 2.50 bits per heavy atom. The van der Waals surface area contributed by atoms with E-state index < -0.39 is 12.1 Å². The molecule has 0 aromatic heterocycles. The zero-order valence-corrected chi connectivity index (χ0v) is 18.1. The lowest BCUT2D eigenvalue weighted by Gasteiger charge is -2.19. The Balaban J connectivity index is 1.63. The van der Waals surface area contributed by atoms with Crippen molar-refractivity contribution in [2.24, 2.45) is 28.8 Å². The average Bonchev–Trinajstić information content (AvgIpc) is 3.43. The Hall–Kier alpha value is -3.42. The van der Waals surface area contributed by atoms with E-state index in [-0.39, 0.29) is 35.5 Å². The lowest BCUT2D eigenvalue weighted by atomic mass is 9.85. The summed E-state index contributed by atoms with van der Waals surface area (Å²) in [5.74, 6) is -1.28. The number of carboxylic acids is 1. The van der Waals surface area contributed by atoms with Gasteiger partial charge in [-0.25, -0.2) is 4.79 Å². The van der Waals surface area contributed by atoms with Gasteiger partial charge >= 0.3 is 5.97 Å². The highest BCUT2D eigenvalue weighted by Crippen LogP contribution is 2.52. The molecular formula is C24H26N2O6. The second kappa shape index (κ2) is 8.61. The molecule has 5 atom stereocenters. The van der Waals surface area contributed by atoms with Crippen molar-refractivity contribution in [2.75, 3.05) is 6.61 Å². The summed E-state index contributed by atoms with van der Waals surface area (Å²) in [5.41, 5.74) is 1.26. The van der Waals surface area contributed by atoms with Crippen molar-refractivity contribution in [3.63, 3.8) is 0 Å². The Morgan fingerprint density at radius 1 is 1.28 bits per heavy atom. The maximum absolute atomic E-state index is 12.8. The van der Waals surface area contributed by atoms with Gasteiger partial charge in [0.1, 0.15) is 0 Å². The molecule has 2 bridgehead atoms. The number of benzene rings is 1. The van der Waals surface area contributed by atoms with Crippen molar-refractivity contribution in [2.45, 2.75) is 32.8 Å². The lowest BCUT2D eigenvalue weighted by molar-refractivity contribution is -0.144. The molecule has 1 aromatic rings. The van der Waals surface area contributed by atoms with E-state index in [2.05, 4.69) is 11.7 Å². The minimum atomic E-state index is -1.09. The van der Waals surface area contributed by atoms with Crippen molar-refractivity contribution < 1.29 is 29.0 Å². The molecule has 1 saturated carbocycles. The van der Waals surface area contributed by atoms with Crippen LogP contribution in [0.15, 0.2) is 42.0 Å². The van der Waals surface area contributed by atoms with Crippen molar-refractivity contribution in [1.82, 2.24) is 5.01 Å². The van der Waals surface area contributed by atoms with Crippen LogP contribution >= 0.6 is 0 Å². The minimum absolute atomic E-state index is 0.123. The van der Waals surface area contributed by atoms with Crippen LogP contribution in [-0.4, -0.2) is 46.8 Å². The molecule has 8 heteroatoms. The van der Waals surface area contributed by atoms with Gasteiger partial charge in [0.25, 0.3) is 11.8 Å². The molecule has 2 fully saturated rings. The average molecular weight is 438 g/mol. The quantitative estimate of drug-likeness (QED) is 0.361. The Morgan fingerprint density at radius 2 is 1.94 bits per heavy atom. The topological polar surface area (TPSA) is 106 Å². The number of fused-ring (bicyclic) bond motifs is 5. The molecule has 168 valence electrons. The molecule has 32 heavy (non-hydrogen) atoms. The minimum Gasteiger partial charge on any atom is -0.490 e. The standard InChI is InChI=1S/C24H26N2O6/c1-4-6-17-9-14(10-18(31-5-2)21(17)32-13(3)24(29)30)12-25-26-22(27)19-15-7-8-16(11-15)20(19)23(26)28/h4,7-10,12-13,15-16,19-20H,1,5-6,11H2,2-3H3,(H,29,30)/t13-,15-,16-,19-,20+/m0/s1. The van der Waals surface area contributed by atoms with Crippen LogP contribution in [0.5, 0.6) is 11.5 Å². The second-order valence-electron chi connectivity index (χ2n) is 8.26. The molecule has 1 aliphatic heterocycles. The summed E-state index contributed by atoms with van der Waals surface area (Å²) in [7, 11) is 0. The Kier molecular flexibility index (Phi) is 5.86. The molecule has 1 heterocycles. The number of ether oxygens (including phenoxy) is 2. The van der Waals surface area contributed by atoms with E-state index >= 15 is 0 Å². The Labute approximate surface area is 186 Å². The van der Waals surface area contributed by atoms with Crippen LogP contribution < -0.4 is 9.47 Å². The number of carbonyl (C=O) groups is 3. The molecule has 1 saturated heterocycles. The molecule has 2 aliphatic carbocycles. The molecule has 8 nitrogen and oxygen atoms in total. The van der Waals surface area contributed by atoms with Crippen LogP contribution in [0.1, 0.15) is 31.4 Å². The smallest absolute Gasteiger partial charge is 0.344 e. The van der Waals surface area contributed by atoms with Gasteiger partial charge in [-0.05, 0) is 56.2 Å². The maximum Gasteiger partial charge on any atom is 0.344 e. The number of imide groups is 1. The Bertz CT molecular complexity index is 1000. The highest BCUT2D eigenvalue weighted by Gasteiger charge is 2.59.